The van der Waals surface area contributed by atoms with Gasteiger partial charge in [-0.1, -0.05) is 6.92 Å². The molecule has 0 N–H and O–H groups in total. The third-order valence-electron chi connectivity index (χ3n) is 3.16. The summed E-state index contributed by atoms with van der Waals surface area (Å²) < 4.78 is 18.4. The Morgan fingerprint density at radius 2 is 1.94 bits per heavy atom. The lowest BCUT2D eigenvalue weighted by molar-refractivity contribution is -0.137. The lowest BCUT2D eigenvalue weighted by Gasteiger charge is -2.23. The first-order chi connectivity index (χ1) is 8.70. The van der Waals surface area contributed by atoms with Crippen LogP contribution in [0.1, 0.15) is 26.2 Å². The van der Waals surface area contributed by atoms with Gasteiger partial charge < -0.3 is 9.64 Å². The molecular formula is C14H18FNO2. The molecule has 2 rings (SSSR count). The van der Waals surface area contributed by atoms with E-state index in [1.807, 2.05) is 11.8 Å². The molecule has 1 aromatic rings. The lowest BCUT2D eigenvalue weighted by atomic mass is 10.2. The van der Waals surface area contributed by atoms with Crippen molar-refractivity contribution < 1.29 is 13.9 Å². The topological polar surface area (TPSA) is 29.5 Å². The lowest BCUT2D eigenvalue weighted by Crippen LogP contribution is -2.40. The molecule has 1 aromatic carbocycles. The number of ether oxygens (including phenoxy) is 1. The second-order valence-electron chi connectivity index (χ2n) is 4.50. The standard InChI is InChI=1S/C14H18FNO2/c1-2-13(14(17)16-9-3-4-10-16)18-12-7-5-11(15)6-8-12/h5-8,13H,2-4,9-10H2,1H3. The van der Waals surface area contributed by atoms with Crippen molar-refractivity contribution in [1.29, 1.82) is 0 Å². The van der Waals surface area contributed by atoms with Gasteiger partial charge in [-0.05, 0) is 43.5 Å². The molecule has 18 heavy (non-hydrogen) atoms. The summed E-state index contributed by atoms with van der Waals surface area (Å²) in [6, 6.07) is 5.77. The fraction of sp³-hybridized carbons (Fsp3) is 0.500. The molecule has 3 nitrogen and oxygen atoms in total. The van der Waals surface area contributed by atoms with Crippen molar-refractivity contribution in [2.45, 2.75) is 32.3 Å². The molecule has 1 saturated heterocycles. The van der Waals surface area contributed by atoms with E-state index in [9.17, 15) is 9.18 Å². The first kappa shape index (κ1) is 12.9. The van der Waals surface area contributed by atoms with Gasteiger partial charge >= 0.3 is 0 Å². The quantitative estimate of drug-likeness (QED) is 0.823. The maximum atomic E-state index is 12.8. The van der Waals surface area contributed by atoms with Crippen molar-refractivity contribution in [3.63, 3.8) is 0 Å². The molecule has 4 heteroatoms. The second kappa shape index (κ2) is 5.85. The smallest absolute Gasteiger partial charge is 0.263 e. The second-order valence-corrected chi connectivity index (χ2v) is 4.50. The Balaban J connectivity index is 2.00. The predicted molar refractivity (Wildman–Crippen MR) is 66.9 cm³/mol. The highest BCUT2D eigenvalue weighted by molar-refractivity contribution is 5.81. The van der Waals surface area contributed by atoms with E-state index in [1.165, 1.54) is 12.1 Å². The van der Waals surface area contributed by atoms with Crippen LogP contribution in [0.5, 0.6) is 5.75 Å². The molecule has 0 bridgehead atoms. The normalized spacial score (nSPS) is 16.7. The van der Waals surface area contributed by atoms with Gasteiger partial charge in [-0.25, -0.2) is 4.39 Å². The van der Waals surface area contributed by atoms with Crippen molar-refractivity contribution in [1.82, 2.24) is 4.90 Å². The molecule has 0 spiro atoms. The highest BCUT2D eigenvalue weighted by Gasteiger charge is 2.26. The van der Waals surface area contributed by atoms with Crippen LogP contribution < -0.4 is 4.74 Å². The number of hydrogen-bond acceptors (Lipinski definition) is 2. The molecule has 98 valence electrons. The van der Waals surface area contributed by atoms with Crippen molar-refractivity contribution in [3.05, 3.63) is 30.1 Å². The average Bonchev–Trinajstić information content (AvgIpc) is 2.91. The number of benzene rings is 1. The number of rotatable bonds is 4. The van der Waals surface area contributed by atoms with Gasteiger partial charge in [-0.15, -0.1) is 0 Å². The Kier molecular flexibility index (Phi) is 4.18. The zero-order chi connectivity index (χ0) is 13.0. The first-order valence-corrected chi connectivity index (χ1v) is 6.41. The van der Waals surface area contributed by atoms with Crippen molar-refractivity contribution in [2.24, 2.45) is 0 Å². The van der Waals surface area contributed by atoms with E-state index in [2.05, 4.69) is 0 Å². The minimum Gasteiger partial charge on any atom is -0.481 e. The highest BCUT2D eigenvalue weighted by Crippen LogP contribution is 2.17. The Hall–Kier alpha value is -1.58. The van der Waals surface area contributed by atoms with E-state index in [1.54, 1.807) is 12.1 Å². The van der Waals surface area contributed by atoms with Crippen molar-refractivity contribution in [2.75, 3.05) is 13.1 Å². The summed E-state index contributed by atoms with van der Waals surface area (Å²) >= 11 is 0. The Morgan fingerprint density at radius 1 is 1.33 bits per heavy atom. The molecule has 1 aliphatic heterocycles. The van der Waals surface area contributed by atoms with Crippen LogP contribution in [-0.4, -0.2) is 30.0 Å². The summed E-state index contributed by atoms with van der Waals surface area (Å²) in [5, 5.41) is 0. The van der Waals surface area contributed by atoms with Crippen LogP contribution >= 0.6 is 0 Å². The SMILES string of the molecule is CCC(Oc1ccc(F)cc1)C(=O)N1CCCC1. The summed E-state index contributed by atoms with van der Waals surface area (Å²) in [7, 11) is 0. The summed E-state index contributed by atoms with van der Waals surface area (Å²) in [4.78, 5) is 14.0. The molecule has 0 aromatic heterocycles. The molecule has 1 atom stereocenters. The summed E-state index contributed by atoms with van der Waals surface area (Å²) in [6.07, 6.45) is 2.29. The van der Waals surface area contributed by atoms with Gasteiger partial charge in [0.05, 0.1) is 0 Å². The molecule has 1 heterocycles. The van der Waals surface area contributed by atoms with Crippen LogP contribution in [0.25, 0.3) is 0 Å². The molecule has 1 amide bonds. The van der Waals surface area contributed by atoms with E-state index in [4.69, 9.17) is 4.74 Å². The zero-order valence-electron chi connectivity index (χ0n) is 10.6. The molecule has 0 saturated carbocycles. The Labute approximate surface area is 107 Å². The largest absolute Gasteiger partial charge is 0.481 e. The summed E-state index contributed by atoms with van der Waals surface area (Å²) in [5.74, 6) is 0.274. The van der Waals surface area contributed by atoms with Gasteiger partial charge in [0.2, 0.25) is 0 Å². The van der Waals surface area contributed by atoms with E-state index in [0.29, 0.717) is 12.2 Å². The zero-order valence-corrected chi connectivity index (χ0v) is 10.6. The van der Waals surface area contributed by atoms with Gasteiger partial charge in [-0.2, -0.15) is 0 Å². The van der Waals surface area contributed by atoms with Gasteiger partial charge in [0.15, 0.2) is 6.10 Å². The number of amides is 1. The number of hydrogen-bond donors (Lipinski definition) is 0. The number of carbonyl (C=O) groups excluding carboxylic acids is 1. The molecule has 0 aliphatic carbocycles. The monoisotopic (exact) mass is 251 g/mol. The number of halogens is 1. The van der Waals surface area contributed by atoms with Gasteiger partial charge in [0.1, 0.15) is 11.6 Å². The highest BCUT2D eigenvalue weighted by atomic mass is 19.1. The Bertz CT molecular complexity index is 399. The van der Waals surface area contributed by atoms with Gasteiger partial charge in [-0.3, -0.25) is 4.79 Å². The molecule has 1 fully saturated rings. The van der Waals surface area contributed by atoms with E-state index in [-0.39, 0.29) is 11.7 Å². The molecule has 0 radical (unpaired) electrons. The fourth-order valence-corrected chi connectivity index (χ4v) is 2.13. The molecule has 1 aliphatic rings. The predicted octanol–water partition coefficient (Wildman–Crippen LogP) is 2.61. The van der Waals surface area contributed by atoms with Crippen LogP contribution in [0.3, 0.4) is 0 Å². The van der Waals surface area contributed by atoms with Crippen LogP contribution in [0, 0.1) is 5.82 Å². The first-order valence-electron chi connectivity index (χ1n) is 6.41. The minimum absolute atomic E-state index is 0.0410. The summed E-state index contributed by atoms with van der Waals surface area (Å²) in [5.41, 5.74) is 0. The fourth-order valence-electron chi connectivity index (χ4n) is 2.13. The minimum atomic E-state index is -0.464. The number of carbonyl (C=O) groups is 1. The number of nitrogens with zero attached hydrogens (tertiary/aromatic N) is 1. The van der Waals surface area contributed by atoms with Crippen LogP contribution in [0.15, 0.2) is 24.3 Å². The van der Waals surface area contributed by atoms with Crippen LogP contribution in [0.2, 0.25) is 0 Å². The maximum Gasteiger partial charge on any atom is 0.263 e. The molecular weight excluding hydrogens is 233 g/mol. The van der Waals surface area contributed by atoms with Crippen LogP contribution in [-0.2, 0) is 4.79 Å². The van der Waals surface area contributed by atoms with Crippen molar-refractivity contribution in [3.8, 4) is 5.75 Å². The average molecular weight is 251 g/mol. The summed E-state index contributed by atoms with van der Waals surface area (Å²) in [6.45, 7) is 3.56. The van der Waals surface area contributed by atoms with Crippen molar-refractivity contribution >= 4 is 5.91 Å². The van der Waals surface area contributed by atoms with Gasteiger partial charge in [0, 0.05) is 13.1 Å². The third-order valence-corrected chi connectivity index (χ3v) is 3.16. The van der Waals surface area contributed by atoms with E-state index >= 15 is 0 Å². The van der Waals surface area contributed by atoms with E-state index in [0.717, 1.165) is 25.9 Å². The third kappa shape index (κ3) is 3.00. The Morgan fingerprint density at radius 3 is 2.50 bits per heavy atom. The number of likely N-dealkylation sites (tertiary alicyclic amines) is 1. The maximum absolute atomic E-state index is 12.8. The van der Waals surface area contributed by atoms with E-state index < -0.39 is 6.10 Å². The molecule has 1 unspecified atom stereocenters. The van der Waals surface area contributed by atoms with Crippen LogP contribution in [0.4, 0.5) is 4.39 Å². The van der Waals surface area contributed by atoms with Gasteiger partial charge in [0.25, 0.3) is 5.91 Å².